The molecule has 4 heteroatoms. The van der Waals surface area contributed by atoms with E-state index in [1.54, 1.807) is 12.5 Å². The van der Waals surface area contributed by atoms with Crippen LogP contribution in [0.1, 0.15) is 30.7 Å². The summed E-state index contributed by atoms with van der Waals surface area (Å²) < 4.78 is 3.05. The lowest BCUT2D eigenvalue weighted by Crippen LogP contribution is -2.09. The maximum Gasteiger partial charge on any atom is 0.0995 e. The Labute approximate surface area is 116 Å². The molecule has 0 aliphatic rings. The Kier molecular flexibility index (Phi) is 4.55. The highest BCUT2D eigenvalue weighted by molar-refractivity contribution is 9.10. The number of hydrogen-bond donors (Lipinski definition) is 1. The van der Waals surface area contributed by atoms with E-state index in [-0.39, 0.29) is 0 Å². The van der Waals surface area contributed by atoms with Crippen LogP contribution < -0.4 is 0 Å². The lowest BCUT2D eigenvalue weighted by atomic mass is 10.1. The average Bonchev–Trinajstić information content (AvgIpc) is 2.78. The number of benzene rings is 1. The molecule has 0 saturated carbocycles. The molecule has 0 aliphatic carbocycles. The van der Waals surface area contributed by atoms with Crippen molar-refractivity contribution >= 4 is 15.9 Å². The van der Waals surface area contributed by atoms with E-state index in [0.717, 1.165) is 28.7 Å². The standard InChI is InChI=1S/C14H17BrN2O/c1-2-6-17-10-16-9-13(17)14(18)8-11-4-3-5-12(15)7-11/h3-5,7,9-10,14,18H,2,6,8H2,1H3. The fourth-order valence-corrected chi connectivity index (χ4v) is 2.47. The number of nitrogens with zero attached hydrogens (tertiary/aromatic N) is 2. The second-order valence-corrected chi connectivity index (χ2v) is 5.28. The Morgan fingerprint density at radius 3 is 3.00 bits per heavy atom. The topological polar surface area (TPSA) is 38.0 Å². The molecule has 0 bridgehead atoms. The number of rotatable bonds is 5. The van der Waals surface area contributed by atoms with Gasteiger partial charge >= 0.3 is 0 Å². The molecule has 0 fully saturated rings. The minimum absolute atomic E-state index is 0.506. The van der Waals surface area contributed by atoms with Crippen molar-refractivity contribution in [2.75, 3.05) is 0 Å². The van der Waals surface area contributed by atoms with Crippen molar-refractivity contribution in [2.45, 2.75) is 32.4 Å². The quantitative estimate of drug-likeness (QED) is 0.920. The Morgan fingerprint density at radius 1 is 1.44 bits per heavy atom. The van der Waals surface area contributed by atoms with E-state index in [2.05, 4.69) is 27.8 Å². The average molecular weight is 309 g/mol. The van der Waals surface area contributed by atoms with Crippen LogP contribution in [0, 0.1) is 0 Å². The maximum absolute atomic E-state index is 10.3. The fourth-order valence-electron chi connectivity index (χ4n) is 2.03. The maximum atomic E-state index is 10.3. The molecule has 1 N–H and O–H groups in total. The summed E-state index contributed by atoms with van der Waals surface area (Å²) in [5.74, 6) is 0. The zero-order valence-corrected chi connectivity index (χ0v) is 12.0. The summed E-state index contributed by atoms with van der Waals surface area (Å²) >= 11 is 3.44. The van der Waals surface area contributed by atoms with E-state index in [1.807, 2.05) is 28.8 Å². The van der Waals surface area contributed by atoms with Gasteiger partial charge in [0.1, 0.15) is 0 Å². The molecule has 0 aliphatic heterocycles. The Balaban J connectivity index is 2.11. The SMILES string of the molecule is CCCn1cncc1C(O)Cc1cccc(Br)c1. The molecular weight excluding hydrogens is 292 g/mol. The van der Waals surface area contributed by atoms with Gasteiger partial charge in [-0.05, 0) is 24.1 Å². The summed E-state index contributed by atoms with van der Waals surface area (Å²) in [6.45, 7) is 3.01. The highest BCUT2D eigenvalue weighted by Crippen LogP contribution is 2.20. The molecule has 1 aromatic carbocycles. The van der Waals surface area contributed by atoms with E-state index in [0.29, 0.717) is 6.42 Å². The van der Waals surface area contributed by atoms with Crippen LogP contribution >= 0.6 is 15.9 Å². The second kappa shape index (κ2) is 6.16. The number of imidazole rings is 1. The highest BCUT2D eigenvalue weighted by atomic mass is 79.9. The summed E-state index contributed by atoms with van der Waals surface area (Å²) in [6.07, 6.45) is 4.66. The molecule has 3 nitrogen and oxygen atoms in total. The summed E-state index contributed by atoms with van der Waals surface area (Å²) in [6, 6.07) is 8.02. The van der Waals surface area contributed by atoms with E-state index in [9.17, 15) is 5.11 Å². The Morgan fingerprint density at radius 2 is 2.28 bits per heavy atom. The van der Waals surface area contributed by atoms with Crippen molar-refractivity contribution in [3.8, 4) is 0 Å². The Bertz CT molecular complexity index is 510. The summed E-state index contributed by atoms with van der Waals surface area (Å²) in [5, 5.41) is 10.3. The molecule has 18 heavy (non-hydrogen) atoms. The highest BCUT2D eigenvalue weighted by Gasteiger charge is 2.13. The zero-order chi connectivity index (χ0) is 13.0. The molecule has 0 amide bonds. The minimum Gasteiger partial charge on any atom is -0.386 e. The van der Waals surface area contributed by atoms with Crippen LogP contribution in [-0.2, 0) is 13.0 Å². The van der Waals surface area contributed by atoms with Crippen LogP contribution in [0.25, 0.3) is 0 Å². The van der Waals surface area contributed by atoms with Gasteiger partial charge in [-0.25, -0.2) is 4.98 Å². The number of halogens is 1. The fraction of sp³-hybridized carbons (Fsp3) is 0.357. The third-order valence-corrected chi connectivity index (χ3v) is 3.36. The van der Waals surface area contributed by atoms with Gasteiger partial charge in [0.25, 0.3) is 0 Å². The molecule has 96 valence electrons. The first kappa shape index (κ1) is 13.3. The van der Waals surface area contributed by atoms with Crippen molar-refractivity contribution in [1.82, 2.24) is 9.55 Å². The molecule has 1 heterocycles. The van der Waals surface area contributed by atoms with Gasteiger partial charge in [0.2, 0.25) is 0 Å². The van der Waals surface area contributed by atoms with Crippen LogP contribution in [0.15, 0.2) is 41.3 Å². The number of aliphatic hydroxyl groups excluding tert-OH is 1. The van der Waals surface area contributed by atoms with Crippen LogP contribution in [0.2, 0.25) is 0 Å². The van der Waals surface area contributed by atoms with Gasteiger partial charge in [0.05, 0.1) is 24.3 Å². The lowest BCUT2D eigenvalue weighted by Gasteiger charge is -2.13. The van der Waals surface area contributed by atoms with Gasteiger partial charge in [-0.2, -0.15) is 0 Å². The van der Waals surface area contributed by atoms with Gasteiger partial charge in [-0.3, -0.25) is 0 Å². The molecule has 2 rings (SSSR count). The van der Waals surface area contributed by atoms with Gasteiger partial charge < -0.3 is 9.67 Å². The van der Waals surface area contributed by atoms with Crippen LogP contribution in [0.3, 0.4) is 0 Å². The van der Waals surface area contributed by atoms with Crippen molar-refractivity contribution in [3.63, 3.8) is 0 Å². The first-order chi connectivity index (χ1) is 8.70. The van der Waals surface area contributed by atoms with Gasteiger partial charge in [-0.15, -0.1) is 0 Å². The molecule has 0 saturated heterocycles. The van der Waals surface area contributed by atoms with Gasteiger partial charge in [-0.1, -0.05) is 35.0 Å². The summed E-state index contributed by atoms with van der Waals surface area (Å²) in [5.41, 5.74) is 2.00. The van der Waals surface area contributed by atoms with Crippen molar-refractivity contribution in [3.05, 3.63) is 52.5 Å². The third kappa shape index (κ3) is 3.21. The lowest BCUT2D eigenvalue weighted by molar-refractivity contribution is 0.168. The summed E-state index contributed by atoms with van der Waals surface area (Å²) in [4.78, 5) is 4.11. The number of aromatic nitrogens is 2. The number of aryl methyl sites for hydroxylation is 1. The predicted octanol–water partition coefficient (Wildman–Crippen LogP) is 3.33. The number of hydrogen-bond acceptors (Lipinski definition) is 2. The molecule has 2 aromatic rings. The van der Waals surface area contributed by atoms with Crippen molar-refractivity contribution in [2.24, 2.45) is 0 Å². The predicted molar refractivity (Wildman–Crippen MR) is 75.3 cm³/mol. The largest absolute Gasteiger partial charge is 0.386 e. The second-order valence-electron chi connectivity index (χ2n) is 4.36. The molecule has 1 aromatic heterocycles. The molecular formula is C14H17BrN2O. The van der Waals surface area contributed by atoms with Gasteiger partial charge in [0, 0.05) is 17.4 Å². The number of aliphatic hydroxyl groups is 1. The van der Waals surface area contributed by atoms with Crippen molar-refractivity contribution in [1.29, 1.82) is 0 Å². The molecule has 1 atom stereocenters. The third-order valence-electron chi connectivity index (χ3n) is 2.87. The zero-order valence-electron chi connectivity index (χ0n) is 10.4. The van der Waals surface area contributed by atoms with E-state index < -0.39 is 6.10 Å². The summed E-state index contributed by atoms with van der Waals surface area (Å²) in [7, 11) is 0. The van der Waals surface area contributed by atoms with Crippen LogP contribution in [-0.4, -0.2) is 14.7 Å². The smallest absolute Gasteiger partial charge is 0.0995 e. The van der Waals surface area contributed by atoms with E-state index in [1.165, 1.54) is 0 Å². The minimum atomic E-state index is -0.506. The van der Waals surface area contributed by atoms with Crippen molar-refractivity contribution < 1.29 is 5.11 Å². The van der Waals surface area contributed by atoms with E-state index in [4.69, 9.17) is 0 Å². The van der Waals surface area contributed by atoms with E-state index >= 15 is 0 Å². The van der Waals surface area contributed by atoms with Gasteiger partial charge in [0.15, 0.2) is 0 Å². The first-order valence-electron chi connectivity index (χ1n) is 6.13. The van der Waals surface area contributed by atoms with Crippen LogP contribution in [0.4, 0.5) is 0 Å². The van der Waals surface area contributed by atoms with Crippen LogP contribution in [0.5, 0.6) is 0 Å². The monoisotopic (exact) mass is 308 g/mol. The Hall–Kier alpha value is -1.13. The first-order valence-corrected chi connectivity index (χ1v) is 6.92. The molecule has 1 unspecified atom stereocenters. The normalized spacial score (nSPS) is 12.6. The molecule has 0 spiro atoms. The molecule has 0 radical (unpaired) electrons.